The van der Waals surface area contributed by atoms with Crippen LogP contribution in [0.1, 0.15) is 6.42 Å². The molecule has 0 aromatic carbocycles. The van der Waals surface area contributed by atoms with Gasteiger partial charge in [0.25, 0.3) is 0 Å². The molecular formula is C9H17N3O. The van der Waals surface area contributed by atoms with E-state index in [9.17, 15) is 0 Å². The smallest absolute Gasteiger partial charge is 0.191 e. The largest absolute Gasteiger partial charge is 0.379 e. The minimum absolute atomic E-state index is 0.717. The number of hydrogen-bond donors (Lipinski definition) is 2. The van der Waals surface area contributed by atoms with Gasteiger partial charge in [-0.2, -0.15) is 0 Å². The van der Waals surface area contributed by atoms with Crippen LogP contribution >= 0.6 is 0 Å². The molecule has 0 saturated carbocycles. The van der Waals surface area contributed by atoms with E-state index in [4.69, 9.17) is 4.74 Å². The van der Waals surface area contributed by atoms with Crippen LogP contribution in [0.5, 0.6) is 0 Å². The van der Waals surface area contributed by atoms with E-state index in [1.807, 2.05) is 6.08 Å². The normalized spacial score (nSPS) is 14.9. The molecule has 0 saturated heterocycles. The predicted molar refractivity (Wildman–Crippen MR) is 53.9 cm³/mol. The van der Waals surface area contributed by atoms with Gasteiger partial charge in [-0.05, 0) is 6.42 Å². The summed E-state index contributed by atoms with van der Waals surface area (Å²) in [6.07, 6.45) is 2.77. The topological polar surface area (TPSA) is 45.6 Å². The summed E-state index contributed by atoms with van der Waals surface area (Å²) in [5, 5.41) is 6.27. The van der Waals surface area contributed by atoms with Crippen molar-refractivity contribution in [2.24, 2.45) is 4.99 Å². The fraction of sp³-hybridized carbons (Fsp3) is 0.667. The van der Waals surface area contributed by atoms with Gasteiger partial charge in [0.2, 0.25) is 0 Å². The van der Waals surface area contributed by atoms with Gasteiger partial charge in [0.15, 0.2) is 5.96 Å². The van der Waals surface area contributed by atoms with Crippen LogP contribution < -0.4 is 10.6 Å². The lowest BCUT2D eigenvalue weighted by molar-refractivity contribution is 0.143. The van der Waals surface area contributed by atoms with Gasteiger partial charge in [0.1, 0.15) is 0 Å². The molecular weight excluding hydrogens is 166 g/mol. The third-order valence-corrected chi connectivity index (χ3v) is 1.68. The highest BCUT2D eigenvalue weighted by Gasteiger charge is 2.01. The van der Waals surface area contributed by atoms with Gasteiger partial charge in [-0.3, -0.25) is 4.99 Å². The van der Waals surface area contributed by atoms with Crippen LogP contribution in [0, 0.1) is 0 Å². The van der Waals surface area contributed by atoms with Crippen LogP contribution in [0.15, 0.2) is 17.6 Å². The summed E-state index contributed by atoms with van der Waals surface area (Å²) in [6, 6.07) is 0. The number of aliphatic imine (C=N–C) groups is 1. The first-order valence-corrected chi connectivity index (χ1v) is 4.64. The number of nitrogens with zero attached hydrogens (tertiary/aromatic N) is 1. The lowest BCUT2D eigenvalue weighted by Crippen LogP contribution is -2.35. The van der Waals surface area contributed by atoms with Gasteiger partial charge in [-0.1, -0.05) is 6.08 Å². The summed E-state index contributed by atoms with van der Waals surface area (Å²) in [6.45, 7) is 7.72. The molecule has 74 valence electrons. The Morgan fingerprint density at radius 2 is 2.54 bits per heavy atom. The van der Waals surface area contributed by atoms with E-state index in [-0.39, 0.29) is 0 Å². The average Bonchev–Trinajstić information content (AvgIpc) is 2.63. The van der Waals surface area contributed by atoms with Crippen molar-refractivity contribution < 1.29 is 4.74 Å². The van der Waals surface area contributed by atoms with Crippen molar-refractivity contribution in [3.05, 3.63) is 12.7 Å². The second kappa shape index (κ2) is 6.48. The molecule has 0 aromatic heterocycles. The number of hydrogen-bond acceptors (Lipinski definition) is 4. The average molecular weight is 183 g/mol. The van der Waals surface area contributed by atoms with Crippen molar-refractivity contribution >= 4 is 5.96 Å². The molecule has 1 aliphatic rings. The van der Waals surface area contributed by atoms with E-state index < -0.39 is 0 Å². The highest BCUT2D eigenvalue weighted by atomic mass is 16.5. The predicted octanol–water partition coefficient (Wildman–Crippen LogP) is 0.128. The molecule has 0 atom stereocenters. The monoisotopic (exact) mass is 183 g/mol. The summed E-state index contributed by atoms with van der Waals surface area (Å²) < 4.78 is 5.32. The van der Waals surface area contributed by atoms with Crippen molar-refractivity contribution in [3.63, 3.8) is 0 Å². The van der Waals surface area contributed by atoms with Crippen LogP contribution in [0.4, 0.5) is 0 Å². The zero-order valence-electron chi connectivity index (χ0n) is 7.88. The second-order valence-electron chi connectivity index (χ2n) is 2.77. The molecule has 1 aliphatic heterocycles. The summed E-state index contributed by atoms with van der Waals surface area (Å²) in [4.78, 5) is 4.19. The number of rotatable bonds is 6. The number of ether oxygens (including phenoxy) is 1. The molecule has 4 heteroatoms. The molecule has 0 spiro atoms. The van der Waals surface area contributed by atoms with Gasteiger partial charge in [0, 0.05) is 13.1 Å². The summed E-state index contributed by atoms with van der Waals surface area (Å²) in [5.41, 5.74) is 0. The van der Waals surface area contributed by atoms with Crippen molar-refractivity contribution in [1.82, 2.24) is 10.6 Å². The molecule has 2 N–H and O–H groups in total. The van der Waals surface area contributed by atoms with E-state index in [1.165, 1.54) is 0 Å². The third-order valence-electron chi connectivity index (χ3n) is 1.68. The van der Waals surface area contributed by atoms with Gasteiger partial charge in [-0.15, -0.1) is 6.58 Å². The van der Waals surface area contributed by atoms with Gasteiger partial charge in [-0.25, -0.2) is 0 Å². The lowest BCUT2D eigenvalue weighted by Gasteiger charge is -2.06. The highest BCUT2D eigenvalue weighted by molar-refractivity contribution is 5.81. The quantitative estimate of drug-likeness (QED) is 0.454. The van der Waals surface area contributed by atoms with Gasteiger partial charge in [0.05, 0.1) is 19.8 Å². The first-order chi connectivity index (χ1) is 6.43. The van der Waals surface area contributed by atoms with Crippen LogP contribution in [-0.4, -0.2) is 38.8 Å². The Labute approximate surface area is 79.1 Å². The molecule has 13 heavy (non-hydrogen) atoms. The summed E-state index contributed by atoms with van der Waals surface area (Å²) in [7, 11) is 0. The van der Waals surface area contributed by atoms with E-state index in [0.29, 0.717) is 6.61 Å². The van der Waals surface area contributed by atoms with E-state index in [2.05, 4.69) is 22.2 Å². The molecule has 0 radical (unpaired) electrons. The number of nitrogens with one attached hydrogen (secondary N) is 2. The Kier molecular flexibility index (Phi) is 5.01. The Morgan fingerprint density at radius 1 is 1.62 bits per heavy atom. The van der Waals surface area contributed by atoms with Crippen molar-refractivity contribution in [1.29, 1.82) is 0 Å². The van der Waals surface area contributed by atoms with E-state index in [0.717, 1.165) is 38.6 Å². The zero-order chi connectivity index (χ0) is 9.36. The first kappa shape index (κ1) is 10.1. The third kappa shape index (κ3) is 4.52. The fourth-order valence-electron chi connectivity index (χ4n) is 1.03. The maximum absolute atomic E-state index is 5.32. The second-order valence-corrected chi connectivity index (χ2v) is 2.77. The van der Waals surface area contributed by atoms with Crippen molar-refractivity contribution in [3.8, 4) is 0 Å². The van der Waals surface area contributed by atoms with E-state index >= 15 is 0 Å². The lowest BCUT2D eigenvalue weighted by atomic mass is 10.4. The highest BCUT2D eigenvalue weighted by Crippen LogP contribution is 1.83. The molecule has 0 fully saturated rings. The SMILES string of the molecule is C=CCCOCCNC1=NCCN1. The maximum atomic E-state index is 5.32. The van der Waals surface area contributed by atoms with Gasteiger partial charge >= 0.3 is 0 Å². The molecule has 0 aromatic rings. The molecule has 1 rings (SSSR count). The molecule has 4 nitrogen and oxygen atoms in total. The molecule has 1 heterocycles. The van der Waals surface area contributed by atoms with Crippen LogP contribution in [0.25, 0.3) is 0 Å². The number of guanidine groups is 1. The Balaban J connectivity index is 1.86. The molecule has 0 unspecified atom stereocenters. The van der Waals surface area contributed by atoms with Crippen LogP contribution in [-0.2, 0) is 4.74 Å². The minimum Gasteiger partial charge on any atom is -0.379 e. The van der Waals surface area contributed by atoms with Gasteiger partial charge < -0.3 is 15.4 Å². The Hall–Kier alpha value is -1.03. The molecule has 0 amide bonds. The Bertz CT molecular complexity index is 180. The fourth-order valence-corrected chi connectivity index (χ4v) is 1.03. The molecule has 0 bridgehead atoms. The Morgan fingerprint density at radius 3 is 3.23 bits per heavy atom. The maximum Gasteiger partial charge on any atom is 0.191 e. The summed E-state index contributed by atoms with van der Waals surface area (Å²) in [5.74, 6) is 0.896. The van der Waals surface area contributed by atoms with Crippen molar-refractivity contribution in [2.75, 3.05) is 32.8 Å². The van der Waals surface area contributed by atoms with Crippen LogP contribution in [0.3, 0.4) is 0 Å². The van der Waals surface area contributed by atoms with Crippen LogP contribution in [0.2, 0.25) is 0 Å². The standard InChI is InChI=1S/C9H17N3O/c1-2-3-7-13-8-6-12-9-10-4-5-11-9/h2H,1,3-8H2,(H2,10,11,12). The van der Waals surface area contributed by atoms with E-state index in [1.54, 1.807) is 0 Å². The molecule has 0 aliphatic carbocycles. The minimum atomic E-state index is 0.717. The first-order valence-electron chi connectivity index (χ1n) is 4.64. The summed E-state index contributed by atoms with van der Waals surface area (Å²) >= 11 is 0. The van der Waals surface area contributed by atoms with Crippen molar-refractivity contribution in [2.45, 2.75) is 6.42 Å². The zero-order valence-corrected chi connectivity index (χ0v) is 7.88.